The van der Waals surface area contributed by atoms with Crippen molar-refractivity contribution >= 4 is 10.1 Å². The van der Waals surface area contributed by atoms with Gasteiger partial charge in [0.25, 0.3) is 0 Å². The fourth-order valence-electron chi connectivity index (χ4n) is 1.99. The van der Waals surface area contributed by atoms with Crippen LogP contribution in [0.4, 0.5) is 13.2 Å². The Morgan fingerprint density at radius 1 is 0.960 bits per heavy atom. The van der Waals surface area contributed by atoms with E-state index in [9.17, 15) is 13.2 Å². The predicted molar refractivity (Wildman–Crippen MR) is 82.8 cm³/mol. The molecule has 0 fully saturated rings. The van der Waals surface area contributed by atoms with Crippen LogP contribution in [0.1, 0.15) is 22.3 Å². The number of aromatic nitrogens is 1. The minimum Gasteiger partial charge on any atom is -0.741 e. The summed E-state index contributed by atoms with van der Waals surface area (Å²) in [4.78, 5) is 4.28. The molecule has 0 saturated carbocycles. The van der Waals surface area contributed by atoms with Crippen molar-refractivity contribution in [3.05, 3.63) is 60.0 Å². The molecule has 1 aromatic heterocycles. The van der Waals surface area contributed by atoms with Gasteiger partial charge in [-0.2, -0.15) is 13.2 Å². The van der Waals surface area contributed by atoms with Gasteiger partial charge in [-0.3, -0.25) is 4.98 Å². The van der Waals surface area contributed by atoms with E-state index in [2.05, 4.69) is 50.9 Å². The molecule has 0 spiro atoms. The van der Waals surface area contributed by atoms with Crippen LogP contribution in [0.3, 0.4) is 0 Å². The van der Waals surface area contributed by atoms with Crippen LogP contribution in [-0.2, 0) is 10.1 Å². The van der Waals surface area contributed by atoms with Crippen LogP contribution in [0, 0.1) is 34.8 Å². The van der Waals surface area contributed by atoms with Crippen molar-refractivity contribution in [1.82, 2.24) is 4.98 Å². The highest BCUT2D eigenvalue weighted by Gasteiger charge is 2.36. The number of aryl methyl sites for hydroxylation is 4. The Labute approximate surface area is 155 Å². The van der Waals surface area contributed by atoms with E-state index in [0.29, 0.717) is 0 Å². The minimum atomic E-state index is -6.09. The van der Waals surface area contributed by atoms with Gasteiger partial charge in [0.1, 0.15) is 0 Å². The van der Waals surface area contributed by atoms with Gasteiger partial charge in [0.15, 0.2) is 13.7 Å². The monoisotopic (exact) mass is 487 g/mol. The molecule has 2 rings (SSSR count). The van der Waals surface area contributed by atoms with Gasteiger partial charge in [0.2, 0.25) is 3.57 Å². The number of pyridine rings is 1. The summed E-state index contributed by atoms with van der Waals surface area (Å²) in [6.07, 6.45) is 3.93. The predicted octanol–water partition coefficient (Wildman–Crippen LogP) is 0.495. The van der Waals surface area contributed by atoms with Crippen LogP contribution < -0.4 is 21.2 Å². The smallest absolute Gasteiger partial charge is 0.485 e. The summed E-state index contributed by atoms with van der Waals surface area (Å²) in [5.41, 5.74) is -0.180. The highest BCUT2D eigenvalue weighted by molar-refractivity contribution is 7.86. The molecule has 0 aliphatic carbocycles. The summed E-state index contributed by atoms with van der Waals surface area (Å²) in [6.45, 7) is 8.71. The zero-order valence-electron chi connectivity index (χ0n) is 14.0. The summed E-state index contributed by atoms with van der Waals surface area (Å²) in [6, 6.07) is 6.83. The maximum atomic E-state index is 10.7. The van der Waals surface area contributed by atoms with E-state index in [1.165, 1.54) is 25.8 Å². The van der Waals surface area contributed by atoms with Crippen LogP contribution in [0.5, 0.6) is 0 Å². The number of alkyl halides is 3. The Morgan fingerprint density at radius 3 is 1.84 bits per heavy atom. The molecule has 1 aromatic carbocycles. The van der Waals surface area contributed by atoms with Crippen molar-refractivity contribution < 1.29 is 47.3 Å². The molecule has 0 aliphatic rings. The molecule has 0 saturated heterocycles. The van der Waals surface area contributed by atoms with Crippen molar-refractivity contribution in [2.75, 3.05) is 0 Å². The summed E-state index contributed by atoms with van der Waals surface area (Å²) in [5, 5.41) is 0. The van der Waals surface area contributed by atoms with Crippen LogP contribution in [-0.4, -0.2) is 23.5 Å². The molecule has 0 atom stereocenters. The van der Waals surface area contributed by atoms with Crippen LogP contribution in [0.25, 0.3) is 0 Å². The van der Waals surface area contributed by atoms with Crippen molar-refractivity contribution in [3.8, 4) is 0 Å². The molecule has 9 heteroatoms. The van der Waals surface area contributed by atoms with Gasteiger partial charge in [0.05, 0.1) is 6.20 Å². The first-order valence-corrected chi connectivity index (χ1v) is 10.5. The summed E-state index contributed by atoms with van der Waals surface area (Å²) in [5.74, 6) is 0. The second kappa shape index (κ2) is 8.45. The number of hydrogen-bond donors (Lipinski definition) is 0. The summed E-state index contributed by atoms with van der Waals surface area (Å²) in [7, 11) is -6.09. The van der Waals surface area contributed by atoms with Gasteiger partial charge in [-0.15, -0.1) is 0 Å². The third kappa shape index (κ3) is 6.90. The van der Waals surface area contributed by atoms with E-state index in [-0.39, 0.29) is 21.2 Å². The number of nitrogens with zero attached hydrogens (tertiary/aromatic N) is 1. The molecule has 0 unspecified atom stereocenters. The van der Waals surface area contributed by atoms with Crippen molar-refractivity contribution in [1.29, 1.82) is 0 Å². The lowest BCUT2D eigenvalue weighted by atomic mass is 10.1. The van der Waals surface area contributed by atoms with Crippen LogP contribution in [0.15, 0.2) is 30.6 Å². The lowest BCUT2D eigenvalue weighted by Crippen LogP contribution is -3.62. The SMILES string of the molecule is Cc1cncc([I+]c2c(C)cc(C)cc2C)c1.O=S(=O)([O-])C(F)(F)F. The van der Waals surface area contributed by atoms with Gasteiger partial charge < -0.3 is 4.55 Å². The molecule has 0 aliphatic heterocycles. The molecule has 0 radical (unpaired) electrons. The number of halogens is 4. The van der Waals surface area contributed by atoms with E-state index in [1.54, 1.807) is 3.57 Å². The lowest BCUT2D eigenvalue weighted by molar-refractivity contribution is -0.599. The summed E-state index contributed by atoms with van der Waals surface area (Å²) >= 11 is -0.107. The molecular formula is C16H17F3INO3S. The average Bonchev–Trinajstić information content (AvgIpc) is 2.41. The first kappa shape index (κ1) is 21.8. The first-order chi connectivity index (χ1) is 11.3. The number of benzene rings is 1. The lowest BCUT2D eigenvalue weighted by Gasteiger charge is -2.08. The van der Waals surface area contributed by atoms with E-state index in [0.717, 1.165) is 0 Å². The van der Waals surface area contributed by atoms with Gasteiger partial charge in [-0.05, 0) is 39.3 Å². The zero-order valence-corrected chi connectivity index (χ0v) is 17.0. The molecule has 2 aromatic rings. The fraction of sp³-hybridized carbons (Fsp3) is 0.312. The van der Waals surface area contributed by atoms with Gasteiger partial charge in [-0.25, -0.2) is 8.42 Å². The van der Waals surface area contributed by atoms with Crippen LogP contribution >= 0.6 is 0 Å². The molecule has 25 heavy (non-hydrogen) atoms. The fourth-order valence-corrected chi connectivity index (χ4v) is 4.72. The molecule has 4 nitrogen and oxygen atoms in total. The standard InChI is InChI=1S/C15H17IN.CHF3O3S/c1-10-5-12(3)15(13(4)6-10)16-14-7-11(2)8-17-9-14;2-1(3,4)8(5,6)7/h5-9H,1-4H3;(H,5,6,7)/q+1;/p-1. The van der Waals surface area contributed by atoms with Crippen molar-refractivity contribution in [2.45, 2.75) is 33.2 Å². The van der Waals surface area contributed by atoms with Crippen molar-refractivity contribution in [3.63, 3.8) is 0 Å². The minimum absolute atomic E-state index is 0.107. The van der Waals surface area contributed by atoms with E-state index < -0.39 is 15.6 Å². The molecule has 1 heterocycles. The van der Waals surface area contributed by atoms with E-state index in [4.69, 9.17) is 13.0 Å². The number of hydrogen-bond acceptors (Lipinski definition) is 4. The first-order valence-electron chi connectivity index (χ1n) is 6.97. The normalized spacial score (nSPS) is 11.7. The molecule has 0 N–H and O–H groups in total. The van der Waals surface area contributed by atoms with Gasteiger partial charge in [0, 0.05) is 17.3 Å². The average molecular weight is 487 g/mol. The second-order valence-electron chi connectivity index (χ2n) is 5.39. The second-order valence-corrected chi connectivity index (χ2v) is 9.62. The highest BCUT2D eigenvalue weighted by atomic mass is 127. The quantitative estimate of drug-likeness (QED) is 0.352. The molecule has 138 valence electrons. The third-order valence-corrected chi connectivity index (χ3v) is 6.93. The van der Waals surface area contributed by atoms with Gasteiger partial charge in [-0.1, -0.05) is 17.7 Å². The highest BCUT2D eigenvalue weighted by Crippen LogP contribution is 2.20. The zero-order chi connectivity index (χ0) is 19.4. The van der Waals surface area contributed by atoms with Crippen molar-refractivity contribution in [2.24, 2.45) is 0 Å². The summed E-state index contributed by atoms with van der Waals surface area (Å²) < 4.78 is 61.8. The molecule has 0 amide bonds. The van der Waals surface area contributed by atoms with Crippen LogP contribution in [0.2, 0.25) is 0 Å². The maximum Gasteiger partial charge on any atom is 0.485 e. The Morgan fingerprint density at radius 2 is 1.44 bits per heavy atom. The van der Waals surface area contributed by atoms with E-state index >= 15 is 0 Å². The Hall–Kier alpha value is -1.20. The maximum absolute atomic E-state index is 10.7. The Kier molecular flexibility index (Phi) is 7.39. The molecular weight excluding hydrogens is 470 g/mol. The topological polar surface area (TPSA) is 70.1 Å². The Bertz CT molecular complexity index is 829. The van der Waals surface area contributed by atoms with E-state index in [1.807, 2.05) is 12.4 Å². The molecule has 0 bridgehead atoms. The Balaban J connectivity index is 0.000000333. The third-order valence-electron chi connectivity index (χ3n) is 2.91. The van der Waals surface area contributed by atoms with Gasteiger partial charge >= 0.3 is 26.7 Å². The number of rotatable bonds is 2. The largest absolute Gasteiger partial charge is 0.741 e.